The second-order valence-corrected chi connectivity index (χ2v) is 9.55. The molecular formula is C33H38O5. The van der Waals surface area contributed by atoms with Gasteiger partial charge in [0.15, 0.2) is 0 Å². The van der Waals surface area contributed by atoms with Gasteiger partial charge in [0.25, 0.3) is 0 Å². The molecule has 0 amide bonds. The largest absolute Gasteiger partial charge is 0.516 e. The highest BCUT2D eigenvalue weighted by Crippen LogP contribution is 2.24. The smallest absolute Gasteiger partial charge is 0.323 e. The van der Waals surface area contributed by atoms with Crippen LogP contribution in [-0.2, 0) is 15.9 Å². The van der Waals surface area contributed by atoms with Crippen molar-refractivity contribution in [3.63, 3.8) is 0 Å². The van der Waals surface area contributed by atoms with Crippen LogP contribution in [0.3, 0.4) is 0 Å². The van der Waals surface area contributed by atoms with E-state index in [1.54, 1.807) is 20.1 Å². The highest BCUT2D eigenvalue weighted by atomic mass is 16.9. The lowest BCUT2D eigenvalue weighted by Crippen LogP contribution is -2.37. The van der Waals surface area contributed by atoms with Gasteiger partial charge in [-0.2, -0.15) is 0 Å². The minimum atomic E-state index is -1.10. The number of allylic oxidation sites excluding steroid dienone is 2. The quantitative estimate of drug-likeness (QED) is 0.142. The number of aliphatic hydroxyl groups is 1. The van der Waals surface area contributed by atoms with Crippen molar-refractivity contribution >= 4 is 18.2 Å². The summed E-state index contributed by atoms with van der Waals surface area (Å²) in [5.74, 6) is 0.407. The molecule has 0 radical (unpaired) electrons. The Morgan fingerprint density at radius 3 is 1.63 bits per heavy atom. The first-order chi connectivity index (χ1) is 18.2. The zero-order chi connectivity index (χ0) is 27.4. The average molecular weight is 515 g/mol. The molecule has 3 aromatic carbocycles. The molecule has 0 heterocycles. The van der Waals surface area contributed by atoms with Crippen LogP contribution in [0, 0.1) is 0 Å². The number of ether oxygens (including phenoxy) is 4. The number of methoxy groups -OCH3 is 1. The van der Waals surface area contributed by atoms with Crippen LogP contribution in [0.4, 0.5) is 0 Å². The van der Waals surface area contributed by atoms with E-state index in [4.69, 9.17) is 24.1 Å². The third-order valence-electron chi connectivity index (χ3n) is 5.80. The monoisotopic (exact) mass is 514 g/mol. The minimum absolute atomic E-state index is 0.361. The van der Waals surface area contributed by atoms with Gasteiger partial charge in [-0.05, 0) is 73.4 Å². The van der Waals surface area contributed by atoms with Crippen LogP contribution in [0.25, 0.3) is 18.2 Å². The fraction of sp³-hybridized carbons (Fsp3) is 0.273. The fourth-order valence-corrected chi connectivity index (χ4v) is 3.91. The summed E-state index contributed by atoms with van der Waals surface area (Å²) in [4.78, 5) is 0. The van der Waals surface area contributed by atoms with Crippen molar-refractivity contribution in [3.8, 4) is 11.5 Å². The maximum atomic E-state index is 8.90. The predicted molar refractivity (Wildman–Crippen MR) is 155 cm³/mol. The van der Waals surface area contributed by atoms with Gasteiger partial charge < -0.3 is 24.1 Å². The molecule has 0 aliphatic rings. The van der Waals surface area contributed by atoms with E-state index in [2.05, 4.69) is 32.1 Å². The molecule has 3 aromatic rings. The molecule has 200 valence electrons. The molecule has 3 rings (SSSR count). The van der Waals surface area contributed by atoms with Crippen LogP contribution in [0.15, 0.2) is 91.2 Å². The van der Waals surface area contributed by atoms with Gasteiger partial charge >= 0.3 is 5.97 Å². The first-order valence-corrected chi connectivity index (χ1v) is 12.8. The van der Waals surface area contributed by atoms with Gasteiger partial charge in [-0.1, -0.05) is 72.8 Å². The summed E-state index contributed by atoms with van der Waals surface area (Å²) < 4.78 is 22.9. The highest BCUT2D eigenvalue weighted by molar-refractivity contribution is 5.58. The molecule has 38 heavy (non-hydrogen) atoms. The van der Waals surface area contributed by atoms with Crippen LogP contribution in [0.1, 0.15) is 49.9 Å². The van der Waals surface area contributed by atoms with Gasteiger partial charge in [0.1, 0.15) is 17.1 Å². The minimum Gasteiger partial charge on any atom is -0.516 e. The van der Waals surface area contributed by atoms with Crippen LogP contribution in [0.5, 0.6) is 11.5 Å². The number of hydrogen-bond donors (Lipinski definition) is 1. The van der Waals surface area contributed by atoms with E-state index in [-0.39, 0.29) is 5.60 Å². The van der Waals surface area contributed by atoms with Gasteiger partial charge in [-0.3, -0.25) is 0 Å². The molecule has 1 unspecified atom stereocenters. The van der Waals surface area contributed by atoms with Crippen LogP contribution < -0.4 is 9.47 Å². The predicted octanol–water partition coefficient (Wildman–Crippen LogP) is 8.08. The molecule has 0 bridgehead atoms. The molecule has 5 nitrogen and oxygen atoms in total. The van der Waals surface area contributed by atoms with Crippen molar-refractivity contribution in [1.29, 1.82) is 0 Å². The number of aliphatic hydroxyl groups excluding tert-OH is 1. The Balaban J connectivity index is 1.51. The summed E-state index contributed by atoms with van der Waals surface area (Å²) in [6.07, 6.45) is 11.6. The molecule has 0 aliphatic heterocycles. The van der Waals surface area contributed by atoms with Gasteiger partial charge in [-0.15, -0.1) is 0 Å². The Kier molecular flexibility index (Phi) is 10.3. The SMILES string of the molecule is CCOC(C)(OC)Oc1ccc(C=CC=Cc2ccc(OC(C)(C)Cc3ccc(C=CO)cc3)cc2)cc1. The highest BCUT2D eigenvalue weighted by Gasteiger charge is 2.26. The van der Waals surface area contributed by atoms with E-state index < -0.39 is 5.97 Å². The Labute approximate surface area is 226 Å². The third-order valence-corrected chi connectivity index (χ3v) is 5.80. The lowest BCUT2D eigenvalue weighted by atomic mass is 9.97. The number of hydrogen-bond acceptors (Lipinski definition) is 5. The molecule has 5 heteroatoms. The molecule has 0 fully saturated rings. The van der Waals surface area contributed by atoms with Crippen molar-refractivity contribution in [2.45, 2.75) is 45.7 Å². The van der Waals surface area contributed by atoms with E-state index >= 15 is 0 Å². The summed E-state index contributed by atoms with van der Waals surface area (Å²) in [5, 5.41) is 8.90. The number of benzene rings is 3. The number of rotatable bonds is 13. The van der Waals surface area contributed by atoms with E-state index in [0.29, 0.717) is 12.4 Å². The molecule has 0 saturated heterocycles. The molecule has 0 saturated carbocycles. The van der Waals surface area contributed by atoms with Crippen molar-refractivity contribution < 1.29 is 24.1 Å². The Morgan fingerprint density at radius 1 is 0.684 bits per heavy atom. The summed E-state index contributed by atoms with van der Waals surface area (Å²) in [6.45, 7) is 8.30. The van der Waals surface area contributed by atoms with E-state index in [1.165, 1.54) is 5.56 Å². The second-order valence-electron chi connectivity index (χ2n) is 9.55. The van der Waals surface area contributed by atoms with Crippen molar-refractivity contribution in [2.24, 2.45) is 0 Å². The van der Waals surface area contributed by atoms with Gasteiger partial charge in [0.2, 0.25) is 0 Å². The Hall–Kier alpha value is -3.80. The Morgan fingerprint density at radius 2 is 1.16 bits per heavy atom. The molecule has 0 aliphatic carbocycles. The lowest BCUT2D eigenvalue weighted by molar-refractivity contribution is -0.319. The second kappa shape index (κ2) is 13.7. The van der Waals surface area contributed by atoms with E-state index in [1.807, 2.05) is 85.8 Å². The molecule has 0 spiro atoms. The van der Waals surface area contributed by atoms with Crippen molar-refractivity contribution in [2.75, 3.05) is 13.7 Å². The van der Waals surface area contributed by atoms with Crippen molar-refractivity contribution in [3.05, 3.63) is 113 Å². The molecule has 1 atom stereocenters. The molecule has 0 aromatic heterocycles. The standard InChI is InChI=1S/C33H38O5/c1-6-36-33(4,35-5)38-31-21-17-27(18-22-31)10-8-7-9-26-15-19-30(20-16-26)37-32(2,3)25-29-13-11-28(12-14-29)23-24-34/h7-24,34H,6,25H2,1-5H3. The normalized spacial score (nSPS) is 13.8. The zero-order valence-corrected chi connectivity index (χ0v) is 22.9. The maximum absolute atomic E-state index is 8.90. The summed E-state index contributed by atoms with van der Waals surface area (Å²) in [7, 11) is 1.56. The fourth-order valence-electron chi connectivity index (χ4n) is 3.91. The van der Waals surface area contributed by atoms with E-state index in [9.17, 15) is 0 Å². The van der Waals surface area contributed by atoms with Gasteiger partial charge in [0, 0.05) is 20.5 Å². The topological polar surface area (TPSA) is 57.2 Å². The van der Waals surface area contributed by atoms with E-state index in [0.717, 1.165) is 35.1 Å². The molecular weight excluding hydrogens is 476 g/mol. The maximum Gasteiger partial charge on any atom is 0.323 e. The van der Waals surface area contributed by atoms with Crippen LogP contribution in [-0.4, -0.2) is 30.4 Å². The van der Waals surface area contributed by atoms with Gasteiger partial charge in [0.05, 0.1) is 12.9 Å². The zero-order valence-electron chi connectivity index (χ0n) is 22.9. The first-order valence-electron chi connectivity index (χ1n) is 12.8. The lowest BCUT2D eigenvalue weighted by Gasteiger charge is -2.28. The van der Waals surface area contributed by atoms with Gasteiger partial charge in [-0.25, -0.2) is 0 Å². The first kappa shape index (κ1) is 28.8. The van der Waals surface area contributed by atoms with Crippen LogP contribution >= 0.6 is 0 Å². The van der Waals surface area contributed by atoms with Crippen molar-refractivity contribution in [1.82, 2.24) is 0 Å². The summed E-state index contributed by atoms with van der Waals surface area (Å²) in [5.41, 5.74) is 3.93. The molecule has 1 N–H and O–H groups in total. The summed E-state index contributed by atoms with van der Waals surface area (Å²) >= 11 is 0. The third kappa shape index (κ3) is 9.25. The van der Waals surface area contributed by atoms with Crippen LogP contribution in [0.2, 0.25) is 0 Å². The average Bonchev–Trinajstić information content (AvgIpc) is 2.89. The Bertz CT molecular complexity index is 1210. The summed E-state index contributed by atoms with van der Waals surface area (Å²) in [6, 6.07) is 23.9.